The van der Waals surface area contributed by atoms with Crippen LogP contribution in [0.15, 0.2) is 59.8 Å². The van der Waals surface area contributed by atoms with E-state index >= 15 is 0 Å². The molecule has 0 bridgehead atoms. The number of benzene rings is 1. The lowest BCUT2D eigenvalue weighted by atomic mass is 9.94. The van der Waals surface area contributed by atoms with Crippen molar-refractivity contribution in [3.63, 3.8) is 0 Å². The second-order valence-corrected chi connectivity index (χ2v) is 8.79. The molecule has 6 nitrogen and oxygen atoms in total. The van der Waals surface area contributed by atoms with Crippen molar-refractivity contribution in [3.05, 3.63) is 60.4 Å². The lowest BCUT2D eigenvalue weighted by Crippen LogP contribution is -2.40. The van der Waals surface area contributed by atoms with Crippen molar-refractivity contribution < 1.29 is 13.2 Å². The first-order valence-electron chi connectivity index (χ1n) is 9.26. The number of aromatic nitrogens is 1. The highest BCUT2D eigenvalue weighted by molar-refractivity contribution is 7.89. The minimum atomic E-state index is -3.45. The van der Waals surface area contributed by atoms with Crippen LogP contribution in [0.25, 0.3) is 0 Å². The Labute approximate surface area is 160 Å². The van der Waals surface area contributed by atoms with E-state index in [4.69, 9.17) is 0 Å². The Morgan fingerprint density at radius 2 is 1.89 bits per heavy atom. The van der Waals surface area contributed by atoms with Gasteiger partial charge in [0.2, 0.25) is 15.9 Å². The fourth-order valence-corrected chi connectivity index (χ4v) is 4.92. The lowest BCUT2D eigenvalue weighted by molar-refractivity contribution is -0.121. The zero-order valence-corrected chi connectivity index (χ0v) is 16.1. The molecule has 1 aromatic carbocycles. The third-order valence-electron chi connectivity index (χ3n) is 4.88. The molecule has 2 aromatic rings. The van der Waals surface area contributed by atoms with Crippen LogP contribution >= 0.6 is 0 Å². The highest BCUT2D eigenvalue weighted by atomic mass is 32.2. The first-order valence-corrected chi connectivity index (χ1v) is 10.7. The number of sulfonamides is 1. The molecule has 1 aliphatic heterocycles. The molecule has 7 heteroatoms. The Morgan fingerprint density at radius 3 is 2.63 bits per heavy atom. The second kappa shape index (κ2) is 9.10. The Morgan fingerprint density at radius 1 is 1.15 bits per heavy atom. The molecule has 1 fully saturated rings. The Bertz CT molecular complexity index is 841. The maximum atomic E-state index is 12.8. The van der Waals surface area contributed by atoms with Crippen LogP contribution in [-0.2, 0) is 21.4 Å². The number of carbonyl (C=O) groups is 1. The normalized spacial score (nSPS) is 18.1. The molecule has 27 heavy (non-hydrogen) atoms. The summed E-state index contributed by atoms with van der Waals surface area (Å²) in [4.78, 5) is 16.4. The minimum absolute atomic E-state index is 0.00477. The highest BCUT2D eigenvalue weighted by Gasteiger charge is 2.30. The van der Waals surface area contributed by atoms with Crippen LogP contribution in [-0.4, -0.2) is 36.7 Å². The predicted octanol–water partition coefficient (Wildman–Crippen LogP) is 2.58. The van der Waals surface area contributed by atoms with Gasteiger partial charge in [-0.3, -0.25) is 9.78 Å². The minimum Gasteiger partial charge on any atom is -0.352 e. The molecular weight excluding hydrogens is 362 g/mol. The number of amides is 1. The summed E-state index contributed by atoms with van der Waals surface area (Å²) in [6.07, 6.45) is 6.29. The van der Waals surface area contributed by atoms with Gasteiger partial charge in [0.25, 0.3) is 0 Å². The third kappa shape index (κ3) is 5.37. The summed E-state index contributed by atoms with van der Waals surface area (Å²) in [6, 6.07) is 12.3. The topological polar surface area (TPSA) is 79.4 Å². The van der Waals surface area contributed by atoms with Gasteiger partial charge in [0, 0.05) is 38.4 Å². The first-order chi connectivity index (χ1) is 13.1. The van der Waals surface area contributed by atoms with Crippen molar-refractivity contribution >= 4 is 15.9 Å². The Hall–Kier alpha value is -2.25. The van der Waals surface area contributed by atoms with Crippen LogP contribution < -0.4 is 5.32 Å². The van der Waals surface area contributed by atoms with Gasteiger partial charge in [-0.1, -0.05) is 18.2 Å². The molecule has 0 aliphatic carbocycles. The van der Waals surface area contributed by atoms with Crippen molar-refractivity contribution in [1.82, 2.24) is 14.6 Å². The summed E-state index contributed by atoms with van der Waals surface area (Å²) in [5.74, 6) is 0.207. The molecular formula is C20H25N3O3S. The van der Waals surface area contributed by atoms with E-state index in [2.05, 4.69) is 10.3 Å². The zero-order valence-electron chi connectivity index (χ0n) is 15.3. The Kier molecular flexibility index (Phi) is 6.58. The van der Waals surface area contributed by atoms with Crippen molar-refractivity contribution in [3.8, 4) is 0 Å². The number of pyridine rings is 1. The number of carbonyl (C=O) groups excluding carboxylic acids is 1. The van der Waals surface area contributed by atoms with E-state index in [1.807, 2.05) is 18.2 Å². The third-order valence-corrected chi connectivity index (χ3v) is 6.76. The SMILES string of the molecule is O=C(CCC1CCCN(S(=O)(=O)c2ccccc2)C1)NCc1ccncc1. The maximum absolute atomic E-state index is 12.8. The highest BCUT2D eigenvalue weighted by Crippen LogP contribution is 2.26. The number of hydrogen-bond acceptors (Lipinski definition) is 4. The molecule has 1 saturated heterocycles. The van der Waals surface area contributed by atoms with Gasteiger partial charge in [0.15, 0.2) is 0 Å². The summed E-state index contributed by atoms with van der Waals surface area (Å²) in [5, 5.41) is 2.91. The van der Waals surface area contributed by atoms with Crippen molar-refractivity contribution in [2.24, 2.45) is 5.92 Å². The first kappa shape index (κ1) is 19.5. The number of hydrogen-bond donors (Lipinski definition) is 1. The molecule has 0 saturated carbocycles. The summed E-state index contributed by atoms with van der Waals surface area (Å²) >= 11 is 0. The zero-order chi connectivity index (χ0) is 19.1. The molecule has 1 aliphatic rings. The number of rotatable bonds is 7. The molecule has 0 radical (unpaired) electrons. The summed E-state index contributed by atoms with van der Waals surface area (Å²) in [6.45, 7) is 1.51. The van der Waals surface area contributed by atoms with Crippen LogP contribution in [0.3, 0.4) is 0 Å². The predicted molar refractivity (Wildman–Crippen MR) is 103 cm³/mol. The largest absolute Gasteiger partial charge is 0.352 e. The standard InChI is InChI=1S/C20H25N3O3S/c24-20(22-15-17-10-12-21-13-11-17)9-8-18-5-4-14-23(16-18)27(25,26)19-6-2-1-3-7-19/h1-3,6-7,10-13,18H,4-5,8-9,14-16H2,(H,22,24). The van der Waals surface area contributed by atoms with Gasteiger partial charge in [-0.2, -0.15) is 4.31 Å². The molecule has 1 unspecified atom stereocenters. The Balaban J connectivity index is 1.49. The smallest absolute Gasteiger partial charge is 0.243 e. The van der Waals surface area contributed by atoms with Gasteiger partial charge in [0.05, 0.1) is 4.90 Å². The van der Waals surface area contributed by atoms with E-state index in [-0.39, 0.29) is 11.8 Å². The van der Waals surface area contributed by atoms with E-state index in [1.165, 1.54) is 0 Å². The summed E-state index contributed by atoms with van der Waals surface area (Å²) < 4.78 is 27.1. The van der Waals surface area contributed by atoms with E-state index in [0.29, 0.717) is 37.4 Å². The number of nitrogens with one attached hydrogen (secondary N) is 1. The van der Waals surface area contributed by atoms with E-state index in [9.17, 15) is 13.2 Å². The average molecular weight is 388 g/mol. The molecule has 2 heterocycles. The summed E-state index contributed by atoms with van der Waals surface area (Å²) in [7, 11) is -3.45. The summed E-state index contributed by atoms with van der Waals surface area (Å²) in [5.41, 5.74) is 1.01. The number of piperidine rings is 1. The fourth-order valence-electron chi connectivity index (χ4n) is 3.35. The van der Waals surface area contributed by atoms with Crippen molar-refractivity contribution in [1.29, 1.82) is 0 Å². The van der Waals surface area contributed by atoms with Gasteiger partial charge in [-0.15, -0.1) is 0 Å². The molecule has 1 aromatic heterocycles. The van der Waals surface area contributed by atoms with Crippen LogP contribution in [0, 0.1) is 5.92 Å². The van der Waals surface area contributed by atoms with E-state index < -0.39 is 10.0 Å². The molecule has 144 valence electrons. The molecule has 3 rings (SSSR count). The van der Waals surface area contributed by atoms with Gasteiger partial charge < -0.3 is 5.32 Å². The van der Waals surface area contributed by atoms with Gasteiger partial charge in [-0.05, 0) is 55.0 Å². The second-order valence-electron chi connectivity index (χ2n) is 6.86. The molecule has 1 amide bonds. The average Bonchev–Trinajstić information content (AvgIpc) is 2.72. The van der Waals surface area contributed by atoms with Crippen LogP contribution in [0.2, 0.25) is 0 Å². The van der Waals surface area contributed by atoms with Gasteiger partial charge in [0.1, 0.15) is 0 Å². The number of nitrogens with zero attached hydrogens (tertiary/aromatic N) is 2. The van der Waals surface area contributed by atoms with Crippen molar-refractivity contribution in [2.75, 3.05) is 13.1 Å². The van der Waals surface area contributed by atoms with E-state index in [1.54, 1.807) is 41.0 Å². The lowest BCUT2D eigenvalue weighted by Gasteiger charge is -2.31. The quantitative estimate of drug-likeness (QED) is 0.792. The monoisotopic (exact) mass is 387 g/mol. The van der Waals surface area contributed by atoms with E-state index in [0.717, 1.165) is 18.4 Å². The van der Waals surface area contributed by atoms with Crippen LogP contribution in [0.4, 0.5) is 0 Å². The van der Waals surface area contributed by atoms with Crippen LogP contribution in [0.5, 0.6) is 0 Å². The van der Waals surface area contributed by atoms with Gasteiger partial charge in [-0.25, -0.2) is 8.42 Å². The maximum Gasteiger partial charge on any atom is 0.243 e. The van der Waals surface area contributed by atoms with Crippen molar-refractivity contribution in [2.45, 2.75) is 37.1 Å². The molecule has 0 spiro atoms. The molecule has 1 atom stereocenters. The fraction of sp³-hybridized carbons (Fsp3) is 0.400. The van der Waals surface area contributed by atoms with Gasteiger partial charge >= 0.3 is 0 Å². The van der Waals surface area contributed by atoms with Crippen LogP contribution in [0.1, 0.15) is 31.2 Å². The molecule has 1 N–H and O–H groups in total.